The van der Waals surface area contributed by atoms with E-state index in [2.05, 4.69) is 0 Å². The molecule has 1 atom stereocenters. The number of amides is 1. The van der Waals surface area contributed by atoms with Crippen molar-refractivity contribution < 1.29 is 17.9 Å². The van der Waals surface area contributed by atoms with E-state index in [4.69, 9.17) is 4.74 Å². The Morgan fingerprint density at radius 1 is 1.00 bits per heavy atom. The fourth-order valence-corrected chi connectivity index (χ4v) is 6.57. The Hall–Kier alpha value is -1.44. The first-order valence-electron chi connectivity index (χ1n) is 11.0. The Kier molecular flexibility index (Phi) is 6.27. The molecule has 0 N–H and O–H groups in total. The van der Waals surface area contributed by atoms with Crippen LogP contribution in [0.2, 0.25) is 0 Å². The van der Waals surface area contributed by atoms with Crippen LogP contribution < -0.4 is 0 Å². The molecule has 7 heteroatoms. The minimum absolute atomic E-state index is 0.00500. The van der Waals surface area contributed by atoms with E-state index in [1.807, 2.05) is 11.8 Å². The van der Waals surface area contributed by atoms with Crippen LogP contribution in [0.5, 0.6) is 0 Å². The summed E-state index contributed by atoms with van der Waals surface area (Å²) in [4.78, 5) is 15.7. The van der Waals surface area contributed by atoms with E-state index in [-0.39, 0.29) is 10.8 Å². The highest BCUT2D eigenvalue weighted by Gasteiger charge is 2.36. The number of aryl methyl sites for hydroxylation is 1. The maximum atomic E-state index is 13.5. The van der Waals surface area contributed by atoms with Gasteiger partial charge in [-0.05, 0) is 56.2 Å². The number of ether oxygens (including phenoxy) is 1. The molecule has 1 amide bonds. The fraction of sp³-hybridized carbons (Fsp3) is 0.682. The van der Waals surface area contributed by atoms with Crippen molar-refractivity contribution in [3.63, 3.8) is 0 Å². The highest BCUT2D eigenvalue weighted by molar-refractivity contribution is 7.89. The number of likely N-dealkylation sites (tertiary alicyclic amines) is 1. The zero-order valence-corrected chi connectivity index (χ0v) is 18.1. The first-order chi connectivity index (χ1) is 14.0. The Balaban J connectivity index is 1.59. The van der Waals surface area contributed by atoms with Crippen molar-refractivity contribution >= 4 is 15.9 Å². The van der Waals surface area contributed by atoms with Crippen molar-refractivity contribution in [3.05, 3.63) is 29.3 Å². The molecule has 2 aliphatic heterocycles. The maximum Gasteiger partial charge on any atom is 0.254 e. The summed E-state index contributed by atoms with van der Waals surface area (Å²) in [7, 11) is -3.61. The molecule has 1 aliphatic carbocycles. The average Bonchev–Trinajstić information content (AvgIpc) is 3.25. The molecule has 1 saturated carbocycles. The first kappa shape index (κ1) is 20.8. The number of morpholine rings is 1. The molecule has 0 spiro atoms. The van der Waals surface area contributed by atoms with Crippen molar-refractivity contribution in [3.8, 4) is 0 Å². The van der Waals surface area contributed by atoms with E-state index in [0.717, 1.165) is 24.9 Å². The van der Waals surface area contributed by atoms with Crippen molar-refractivity contribution in [1.29, 1.82) is 0 Å². The van der Waals surface area contributed by atoms with Gasteiger partial charge < -0.3 is 9.64 Å². The summed E-state index contributed by atoms with van der Waals surface area (Å²) in [6, 6.07) is 5.30. The second-order valence-corrected chi connectivity index (χ2v) is 10.5. The second kappa shape index (κ2) is 8.74. The van der Waals surface area contributed by atoms with E-state index in [9.17, 15) is 13.2 Å². The number of rotatable bonds is 4. The van der Waals surface area contributed by atoms with E-state index in [1.54, 1.807) is 18.2 Å². The third-order valence-electron chi connectivity index (χ3n) is 6.80. The minimum atomic E-state index is -3.61. The molecular weight excluding hydrogens is 388 g/mol. The van der Waals surface area contributed by atoms with Gasteiger partial charge >= 0.3 is 0 Å². The van der Waals surface area contributed by atoms with Gasteiger partial charge in [-0.25, -0.2) is 8.42 Å². The largest absolute Gasteiger partial charge is 0.379 e. The highest BCUT2D eigenvalue weighted by atomic mass is 32.2. The van der Waals surface area contributed by atoms with Crippen molar-refractivity contribution in [2.24, 2.45) is 5.92 Å². The third kappa shape index (κ3) is 4.23. The molecule has 1 aromatic carbocycles. The summed E-state index contributed by atoms with van der Waals surface area (Å²) in [6.07, 6.45) is 8.35. The summed E-state index contributed by atoms with van der Waals surface area (Å²) in [5, 5.41) is 0. The number of carbonyl (C=O) groups is 1. The Bertz CT molecular complexity index is 842. The highest BCUT2D eigenvalue weighted by Crippen LogP contribution is 2.35. The van der Waals surface area contributed by atoms with Crippen molar-refractivity contribution in [2.75, 3.05) is 32.8 Å². The van der Waals surface area contributed by atoms with E-state index < -0.39 is 10.0 Å². The summed E-state index contributed by atoms with van der Waals surface area (Å²) in [6.45, 7) is 4.20. The van der Waals surface area contributed by atoms with E-state index in [1.165, 1.54) is 36.4 Å². The molecule has 160 valence electrons. The lowest BCUT2D eigenvalue weighted by Crippen LogP contribution is -2.42. The van der Waals surface area contributed by atoms with Gasteiger partial charge in [-0.1, -0.05) is 25.3 Å². The summed E-state index contributed by atoms with van der Waals surface area (Å²) < 4.78 is 32.8. The summed E-state index contributed by atoms with van der Waals surface area (Å²) in [5.74, 6) is 0.588. The molecule has 0 bridgehead atoms. The zero-order valence-electron chi connectivity index (χ0n) is 17.3. The van der Waals surface area contributed by atoms with Crippen LogP contribution in [0.3, 0.4) is 0 Å². The van der Waals surface area contributed by atoms with Gasteiger partial charge in [-0.2, -0.15) is 4.31 Å². The van der Waals surface area contributed by atoms with Crippen LogP contribution in [-0.2, 0) is 14.8 Å². The SMILES string of the molecule is Cc1ccc(S(=O)(=O)N2CCOCC2)cc1C(=O)N1CCCC1C1CCCCC1. The molecular formula is C22H32N2O4S. The van der Waals surface area contributed by atoms with Gasteiger partial charge in [-0.3, -0.25) is 4.79 Å². The predicted molar refractivity (Wildman–Crippen MR) is 111 cm³/mol. The van der Waals surface area contributed by atoms with Gasteiger partial charge in [0.05, 0.1) is 18.1 Å². The molecule has 2 saturated heterocycles. The quantitative estimate of drug-likeness (QED) is 0.750. The average molecular weight is 421 g/mol. The topological polar surface area (TPSA) is 66.9 Å². The van der Waals surface area contributed by atoms with E-state index in [0.29, 0.717) is 43.8 Å². The molecule has 3 aliphatic rings. The number of hydrogen-bond acceptors (Lipinski definition) is 4. The summed E-state index contributed by atoms with van der Waals surface area (Å²) in [5.41, 5.74) is 1.37. The molecule has 0 aromatic heterocycles. The molecule has 3 fully saturated rings. The number of hydrogen-bond donors (Lipinski definition) is 0. The van der Waals surface area contributed by atoms with Crippen LogP contribution in [0.15, 0.2) is 23.1 Å². The lowest BCUT2D eigenvalue weighted by molar-refractivity contribution is 0.0660. The Morgan fingerprint density at radius 3 is 2.45 bits per heavy atom. The van der Waals surface area contributed by atoms with Gasteiger partial charge in [0.25, 0.3) is 5.91 Å². The molecule has 6 nitrogen and oxygen atoms in total. The minimum Gasteiger partial charge on any atom is -0.379 e. The molecule has 29 heavy (non-hydrogen) atoms. The van der Waals surface area contributed by atoms with Crippen LogP contribution in [0.4, 0.5) is 0 Å². The number of nitrogens with zero attached hydrogens (tertiary/aromatic N) is 2. The monoisotopic (exact) mass is 420 g/mol. The smallest absolute Gasteiger partial charge is 0.254 e. The van der Waals surface area contributed by atoms with Crippen LogP contribution in [0.25, 0.3) is 0 Å². The van der Waals surface area contributed by atoms with Gasteiger partial charge in [0.2, 0.25) is 10.0 Å². The maximum absolute atomic E-state index is 13.5. The molecule has 1 unspecified atom stereocenters. The molecule has 4 rings (SSSR count). The number of carbonyl (C=O) groups excluding carboxylic acids is 1. The van der Waals surface area contributed by atoms with Crippen molar-refractivity contribution in [2.45, 2.75) is 62.8 Å². The normalized spacial score (nSPS) is 24.7. The third-order valence-corrected chi connectivity index (χ3v) is 8.70. The molecule has 1 aromatic rings. The number of sulfonamides is 1. The number of benzene rings is 1. The van der Waals surface area contributed by atoms with Crippen molar-refractivity contribution in [1.82, 2.24) is 9.21 Å². The lowest BCUT2D eigenvalue weighted by Gasteiger charge is -2.34. The standard InChI is InChI=1S/C22H32N2O4S/c1-17-9-10-19(29(26,27)23-12-14-28-15-13-23)16-20(17)22(25)24-11-5-8-21(24)18-6-3-2-4-7-18/h9-10,16,18,21H,2-8,11-15H2,1H3. The first-order valence-corrected chi connectivity index (χ1v) is 12.4. The Morgan fingerprint density at radius 2 is 1.72 bits per heavy atom. The lowest BCUT2D eigenvalue weighted by atomic mass is 9.83. The molecule has 2 heterocycles. The van der Waals surface area contributed by atoms with Gasteiger partial charge in [0.1, 0.15) is 0 Å². The fourth-order valence-electron chi connectivity index (χ4n) is 5.14. The van der Waals surface area contributed by atoms with Gasteiger partial charge in [-0.15, -0.1) is 0 Å². The summed E-state index contributed by atoms with van der Waals surface area (Å²) >= 11 is 0. The van der Waals surface area contributed by atoms with Gasteiger partial charge in [0, 0.05) is 31.2 Å². The van der Waals surface area contributed by atoms with Crippen LogP contribution in [-0.4, -0.2) is 62.4 Å². The predicted octanol–water partition coefficient (Wildman–Crippen LogP) is 3.20. The van der Waals surface area contributed by atoms with E-state index >= 15 is 0 Å². The van der Waals surface area contributed by atoms with Crippen LogP contribution in [0, 0.1) is 12.8 Å². The van der Waals surface area contributed by atoms with Gasteiger partial charge in [0.15, 0.2) is 0 Å². The second-order valence-electron chi connectivity index (χ2n) is 8.60. The zero-order chi connectivity index (χ0) is 20.4. The van der Waals surface area contributed by atoms with Crippen LogP contribution >= 0.6 is 0 Å². The van der Waals surface area contributed by atoms with Crippen LogP contribution in [0.1, 0.15) is 60.9 Å². The molecule has 0 radical (unpaired) electrons. The Labute approximate surface area is 174 Å².